The molecule has 0 saturated carbocycles. The highest BCUT2D eigenvalue weighted by molar-refractivity contribution is 5.75. The lowest BCUT2D eigenvalue weighted by Gasteiger charge is -2.40. The highest BCUT2D eigenvalue weighted by atomic mass is 16.1. The van der Waals surface area contributed by atoms with Crippen LogP contribution in [0.4, 0.5) is 0 Å². The van der Waals surface area contributed by atoms with Crippen LogP contribution in [-0.4, -0.2) is 43.9 Å². The molecule has 1 N–H and O–H groups in total. The zero-order valence-corrected chi connectivity index (χ0v) is 12.6. The van der Waals surface area contributed by atoms with Crippen molar-refractivity contribution in [1.82, 2.24) is 10.2 Å². The summed E-state index contributed by atoms with van der Waals surface area (Å²) in [5, 5.41) is 3.52. The Hall–Kier alpha value is -0.410. The zero-order valence-electron chi connectivity index (χ0n) is 12.6. The Bertz CT molecular complexity index is 255. The third-order valence-electron chi connectivity index (χ3n) is 4.29. The molecule has 106 valence electrons. The zero-order chi connectivity index (χ0) is 13.6. The first-order valence-electron chi connectivity index (χ1n) is 7.30. The summed E-state index contributed by atoms with van der Waals surface area (Å²) in [6.07, 6.45) is 4.32. The van der Waals surface area contributed by atoms with Gasteiger partial charge in [0.1, 0.15) is 5.78 Å². The van der Waals surface area contributed by atoms with E-state index in [9.17, 15) is 4.79 Å². The van der Waals surface area contributed by atoms with Gasteiger partial charge in [-0.2, -0.15) is 0 Å². The Balaban J connectivity index is 2.20. The van der Waals surface area contributed by atoms with E-state index in [1.807, 2.05) is 0 Å². The van der Waals surface area contributed by atoms with Crippen molar-refractivity contribution >= 4 is 5.78 Å². The smallest absolute Gasteiger partial charge is 0.129 e. The summed E-state index contributed by atoms with van der Waals surface area (Å²) in [7, 11) is 2.21. The summed E-state index contributed by atoms with van der Waals surface area (Å²) in [6, 6.07) is 0. The number of ketones is 1. The number of carbonyl (C=O) groups is 1. The second kappa shape index (κ2) is 7.25. The van der Waals surface area contributed by atoms with Crippen molar-refractivity contribution in [2.75, 3.05) is 33.2 Å². The lowest BCUT2D eigenvalue weighted by molar-refractivity contribution is -0.117. The molecule has 1 heterocycles. The molecule has 1 aliphatic rings. The SMILES string of the molecule is CC(=O)CCCNCC(C)(C)C1CCN(C)CC1. The topological polar surface area (TPSA) is 32.3 Å². The van der Waals surface area contributed by atoms with Gasteiger partial charge in [-0.1, -0.05) is 13.8 Å². The molecule has 3 heteroatoms. The van der Waals surface area contributed by atoms with Crippen LogP contribution in [0.2, 0.25) is 0 Å². The third-order valence-corrected chi connectivity index (χ3v) is 4.29. The molecule has 0 aliphatic carbocycles. The average Bonchev–Trinajstić information content (AvgIpc) is 2.28. The Morgan fingerprint density at radius 2 is 1.94 bits per heavy atom. The molecule has 1 fully saturated rings. The van der Waals surface area contributed by atoms with Crippen LogP contribution >= 0.6 is 0 Å². The largest absolute Gasteiger partial charge is 0.316 e. The molecular weight excluding hydrogens is 224 g/mol. The summed E-state index contributed by atoms with van der Waals surface area (Å²) in [4.78, 5) is 13.3. The molecule has 1 aliphatic heterocycles. The molecule has 0 amide bonds. The van der Waals surface area contributed by atoms with E-state index in [1.165, 1.54) is 25.9 Å². The minimum Gasteiger partial charge on any atom is -0.316 e. The Morgan fingerprint density at radius 1 is 1.33 bits per heavy atom. The van der Waals surface area contributed by atoms with Gasteiger partial charge >= 0.3 is 0 Å². The van der Waals surface area contributed by atoms with Crippen LogP contribution in [0, 0.1) is 11.3 Å². The Kier molecular flexibility index (Phi) is 6.30. The first-order chi connectivity index (χ1) is 8.42. The highest BCUT2D eigenvalue weighted by Gasteiger charge is 2.31. The molecule has 0 aromatic rings. The van der Waals surface area contributed by atoms with Gasteiger partial charge in [-0.3, -0.25) is 0 Å². The lowest BCUT2D eigenvalue weighted by atomic mass is 9.73. The molecule has 0 aromatic heterocycles. The molecule has 18 heavy (non-hydrogen) atoms. The fourth-order valence-electron chi connectivity index (χ4n) is 2.81. The maximum Gasteiger partial charge on any atom is 0.129 e. The molecule has 1 saturated heterocycles. The van der Waals surface area contributed by atoms with E-state index in [1.54, 1.807) is 6.92 Å². The van der Waals surface area contributed by atoms with Crippen LogP contribution in [0.5, 0.6) is 0 Å². The number of nitrogens with one attached hydrogen (secondary N) is 1. The number of hydrogen-bond donors (Lipinski definition) is 1. The molecule has 1 rings (SSSR count). The van der Waals surface area contributed by atoms with E-state index in [4.69, 9.17) is 0 Å². The average molecular weight is 254 g/mol. The van der Waals surface area contributed by atoms with Crippen molar-refractivity contribution in [3.63, 3.8) is 0 Å². The van der Waals surface area contributed by atoms with Gasteiger partial charge in [-0.05, 0) is 64.2 Å². The van der Waals surface area contributed by atoms with Crippen LogP contribution in [0.15, 0.2) is 0 Å². The minimum absolute atomic E-state index is 0.298. The molecule has 0 radical (unpaired) electrons. The fraction of sp³-hybridized carbons (Fsp3) is 0.933. The lowest BCUT2D eigenvalue weighted by Crippen LogP contribution is -2.42. The molecule has 0 spiro atoms. The molecular formula is C15H30N2O. The summed E-state index contributed by atoms with van der Waals surface area (Å²) in [5.74, 6) is 1.13. The minimum atomic E-state index is 0.298. The monoisotopic (exact) mass is 254 g/mol. The Labute approximate surface area is 112 Å². The van der Waals surface area contributed by atoms with Crippen LogP contribution in [0.25, 0.3) is 0 Å². The maximum absolute atomic E-state index is 10.8. The summed E-state index contributed by atoms with van der Waals surface area (Å²) in [6.45, 7) is 10.9. The number of rotatable bonds is 7. The molecule has 0 bridgehead atoms. The number of piperidine rings is 1. The predicted molar refractivity (Wildman–Crippen MR) is 76.8 cm³/mol. The molecule has 0 atom stereocenters. The predicted octanol–water partition coefficient (Wildman–Crippen LogP) is 2.31. The van der Waals surface area contributed by atoms with Gasteiger partial charge in [0.2, 0.25) is 0 Å². The van der Waals surface area contributed by atoms with Crippen molar-refractivity contribution in [3.8, 4) is 0 Å². The maximum atomic E-state index is 10.8. The van der Waals surface area contributed by atoms with Gasteiger partial charge in [0.05, 0.1) is 0 Å². The number of carbonyl (C=O) groups excluding carboxylic acids is 1. The van der Waals surface area contributed by atoms with E-state index < -0.39 is 0 Å². The first kappa shape index (κ1) is 15.6. The van der Waals surface area contributed by atoms with Crippen molar-refractivity contribution in [2.45, 2.75) is 46.5 Å². The number of hydrogen-bond acceptors (Lipinski definition) is 3. The van der Waals surface area contributed by atoms with Crippen molar-refractivity contribution < 1.29 is 4.79 Å². The van der Waals surface area contributed by atoms with Gasteiger partial charge in [0.25, 0.3) is 0 Å². The normalized spacial score (nSPS) is 19.1. The molecule has 3 nitrogen and oxygen atoms in total. The van der Waals surface area contributed by atoms with Crippen LogP contribution < -0.4 is 5.32 Å². The van der Waals surface area contributed by atoms with Gasteiger partial charge in [0.15, 0.2) is 0 Å². The van der Waals surface area contributed by atoms with Crippen molar-refractivity contribution in [1.29, 1.82) is 0 Å². The van der Waals surface area contributed by atoms with E-state index in [0.29, 0.717) is 17.6 Å². The van der Waals surface area contributed by atoms with Crippen LogP contribution in [0.1, 0.15) is 46.5 Å². The second-order valence-electron chi connectivity index (χ2n) is 6.55. The van der Waals surface area contributed by atoms with Crippen molar-refractivity contribution in [2.24, 2.45) is 11.3 Å². The first-order valence-corrected chi connectivity index (χ1v) is 7.30. The van der Waals surface area contributed by atoms with Crippen LogP contribution in [0.3, 0.4) is 0 Å². The fourth-order valence-corrected chi connectivity index (χ4v) is 2.81. The number of nitrogens with zero attached hydrogens (tertiary/aromatic N) is 1. The number of likely N-dealkylation sites (tertiary alicyclic amines) is 1. The van der Waals surface area contributed by atoms with Gasteiger partial charge < -0.3 is 15.0 Å². The van der Waals surface area contributed by atoms with E-state index in [0.717, 1.165) is 25.4 Å². The summed E-state index contributed by atoms with van der Waals surface area (Å²) in [5.41, 5.74) is 0.373. The van der Waals surface area contributed by atoms with Gasteiger partial charge in [0, 0.05) is 13.0 Å². The van der Waals surface area contributed by atoms with Crippen molar-refractivity contribution in [3.05, 3.63) is 0 Å². The molecule has 0 aromatic carbocycles. The van der Waals surface area contributed by atoms with E-state index >= 15 is 0 Å². The third kappa shape index (κ3) is 5.49. The van der Waals surface area contributed by atoms with E-state index in [2.05, 4.69) is 31.1 Å². The Morgan fingerprint density at radius 3 is 2.50 bits per heavy atom. The van der Waals surface area contributed by atoms with Gasteiger partial charge in [-0.25, -0.2) is 0 Å². The second-order valence-corrected chi connectivity index (χ2v) is 6.55. The summed E-state index contributed by atoms with van der Waals surface area (Å²) < 4.78 is 0. The van der Waals surface area contributed by atoms with E-state index in [-0.39, 0.29) is 0 Å². The number of Topliss-reactive ketones (excluding diaryl/α,β-unsaturated/α-hetero) is 1. The highest BCUT2D eigenvalue weighted by Crippen LogP contribution is 2.34. The standard InChI is InChI=1S/C15H30N2O/c1-13(18)6-5-9-16-12-15(2,3)14-7-10-17(4)11-8-14/h14,16H,5-12H2,1-4H3. The summed E-state index contributed by atoms with van der Waals surface area (Å²) >= 11 is 0. The molecule has 0 unspecified atom stereocenters. The van der Waals surface area contributed by atoms with Crippen LogP contribution in [-0.2, 0) is 4.79 Å². The van der Waals surface area contributed by atoms with Gasteiger partial charge in [-0.15, -0.1) is 0 Å². The quantitative estimate of drug-likeness (QED) is 0.708.